The van der Waals surface area contributed by atoms with Crippen molar-refractivity contribution in [2.45, 2.75) is 45.3 Å². The summed E-state index contributed by atoms with van der Waals surface area (Å²) in [5.41, 5.74) is 3.89. The van der Waals surface area contributed by atoms with Crippen LogP contribution in [-0.2, 0) is 9.53 Å². The molecule has 0 rings (SSSR count). The molecule has 4 heteroatoms. The van der Waals surface area contributed by atoms with Gasteiger partial charge < -0.3 is 15.6 Å². The van der Waals surface area contributed by atoms with Crippen LogP contribution in [0.15, 0.2) is 0 Å². The molecule has 1 atom stereocenters. The van der Waals surface area contributed by atoms with Crippen LogP contribution in [0.4, 0.5) is 0 Å². The molecule has 0 radical (unpaired) electrons. The van der Waals surface area contributed by atoms with E-state index in [1.807, 2.05) is 20.8 Å². The number of aliphatic carboxylic acids is 1. The third kappa shape index (κ3) is 4.24. The first kappa shape index (κ1) is 12.4. The van der Waals surface area contributed by atoms with E-state index in [0.717, 1.165) is 6.42 Å². The van der Waals surface area contributed by atoms with Gasteiger partial charge in [0, 0.05) is 0 Å². The third-order valence-corrected chi connectivity index (χ3v) is 2.10. The molecule has 0 bridgehead atoms. The standard InChI is InChI=1S/C9H19NO3/c1-5-8(2,3)13-6-9(4,10)7(11)12/h5-6,10H2,1-4H3,(H,11,12). The molecule has 0 saturated carbocycles. The van der Waals surface area contributed by atoms with Gasteiger partial charge in [0.05, 0.1) is 12.2 Å². The van der Waals surface area contributed by atoms with E-state index >= 15 is 0 Å². The Hall–Kier alpha value is -0.610. The summed E-state index contributed by atoms with van der Waals surface area (Å²) in [5.74, 6) is -1.04. The maximum Gasteiger partial charge on any atom is 0.325 e. The molecule has 0 fully saturated rings. The Bertz CT molecular complexity index is 187. The van der Waals surface area contributed by atoms with Gasteiger partial charge in [-0.15, -0.1) is 0 Å². The van der Waals surface area contributed by atoms with Crippen LogP contribution in [-0.4, -0.2) is 28.8 Å². The molecular weight excluding hydrogens is 170 g/mol. The van der Waals surface area contributed by atoms with E-state index in [4.69, 9.17) is 15.6 Å². The van der Waals surface area contributed by atoms with Crippen LogP contribution in [0.3, 0.4) is 0 Å². The average Bonchev–Trinajstić information content (AvgIpc) is 2.01. The van der Waals surface area contributed by atoms with Crippen LogP contribution < -0.4 is 5.73 Å². The Kier molecular flexibility index (Phi) is 3.88. The SMILES string of the molecule is CCC(C)(C)OCC(C)(N)C(=O)O. The number of carbonyl (C=O) groups is 1. The summed E-state index contributed by atoms with van der Waals surface area (Å²) < 4.78 is 5.40. The maximum atomic E-state index is 10.6. The number of hydrogen-bond donors (Lipinski definition) is 2. The van der Waals surface area contributed by atoms with E-state index in [9.17, 15) is 4.79 Å². The molecular formula is C9H19NO3. The van der Waals surface area contributed by atoms with Gasteiger partial charge in [0.1, 0.15) is 5.54 Å². The van der Waals surface area contributed by atoms with Gasteiger partial charge in [-0.05, 0) is 27.2 Å². The number of carboxylic acid groups (broad SMARTS) is 1. The number of nitrogens with two attached hydrogens (primary N) is 1. The fourth-order valence-corrected chi connectivity index (χ4v) is 0.509. The number of ether oxygens (including phenoxy) is 1. The van der Waals surface area contributed by atoms with Crippen LogP contribution >= 0.6 is 0 Å². The van der Waals surface area contributed by atoms with E-state index in [2.05, 4.69) is 0 Å². The van der Waals surface area contributed by atoms with E-state index < -0.39 is 11.5 Å². The number of rotatable bonds is 5. The molecule has 0 aliphatic rings. The lowest BCUT2D eigenvalue weighted by molar-refractivity contribution is -0.147. The van der Waals surface area contributed by atoms with E-state index in [0.29, 0.717) is 0 Å². The van der Waals surface area contributed by atoms with E-state index in [1.54, 1.807) is 0 Å². The summed E-state index contributed by atoms with van der Waals surface area (Å²) >= 11 is 0. The molecule has 0 aliphatic heterocycles. The number of carboxylic acids is 1. The quantitative estimate of drug-likeness (QED) is 0.676. The summed E-state index contributed by atoms with van der Waals surface area (Å²) in [5, 5.41) is 8.71. The second-order valence-corrected chi connectivity index (χ2v) is 4.12. The highest BCUT2D eigenvalue weighted by Gasteiger charge is 2.30. The largest absolute Gasteiger partial charge is 0.480 e. The van der Waals surface area contributed by atoms with Crippen molar-refractivity contribution in [2.24, 2.45) is 5.73 Å². The Balaban J connectivity index is 4.09. The van der Waals surface area contributed by atoms with Crippen LogP contribution in [0.2, 0.25) is 0 Å². The fraction of sp³-hybridized carbons (Fsp3) is 0.889. The molecule has 0 spiro atoms. The molecule has 0 saturated heterocycles. The van der Waals surface area contributed by atoms with Crippen molar-refractivity contribution in [3.05, 3.63) is 0 Å². The van der Waals surface area contributed by atoms with Gasteiger partial charge in [-0.25, -0.2) is 0 Å². The zero-order chi connectivity index (χ0) is 10.7. The van der Waals surface area contributed by atoms with Crippen molar-refractivity contribution in [3.8, 4) is 0 Å². The molecule has 13 heavy (non-hydrogen) atoms. The lowest BCUT2D eigenvalue weighted by atomic mass is 10.0. The maximum absolute atomic E-state index is 10.6. The molecule has 0 heterocycles. The average molecular weight is 189 g/mol. The lowest BCUT2D eigenvalue weighted by Gasteiger charge is -2.28. The predicted molar refractivity (Wildman–Crippen MR) is 50.6 cm³/mol. The Morgan fingerprint density at radius 1 is 1.46 bits per heavy atom. The highest BCUT2D eigenvalue weighted by molar-refractivity contribution is 5.78. The Morgan fingerprint density at radius 3 is 2.23 bits per heavy atom. The summed E-state index contributed by atoms with van der Waals surface area (Å²) in [4.78, 5) is 10.6. The van der Waals surface area contributed by atoms with Crippen LogP contribution in [0.1, 0.15) is 34.1 Å². The first-order chi connectivity index (χ1) is 5.71. The Morgan fingerprint density at radius 2 is 1.92 bits per heavy atom. The van der Waals surface area contributed by atoms with Crippen LogP contribution in [0.25, 0.3) is 0 Å². The first-order valence-corrected chi connectivity index (χ1v) is 4.37. The Labute approximate surface area is 79.1 Å². The van der Waals surface area contributed by atoms with Gasteiger partial charge >= 0.3 is 5.97 Å². The van der Waals surface area contributed by atoms with Crippen molar-refractivity contribution in [1.29, 1.82) is 0 Å². The molecule has 0 aliphatic carbocycles. The van der Waals surface area contributed by atoms with Crippen molar-refractivity contribution in [1.82, 2.24) is 0 Å². The van der Waals surface area contributed by atoms with Gasteiger partial charge in [-0.2, -0.15) is 0 Å². The third-order valence-electron chi connectivity index (χ3n) is 2.10. The monoisotopic (exact) mass is 189 g/mol. The molecule has 1 unspecified atom stereocenters. The van der Waals surface area contributed by atoms with Crippen molar-refractivity contribution in [2.75, 3.05) is 6.61 Å². The first-order valence-electron chi connectivity index (χ1n) is 4.37. The molecule has 0 aromatic rings. The number of hydrogen-bond acceptors (Lipinski definition) is 3. The lowest BCUT2D eigenvalue weighted by Crippen LogP contribution is -2.50. The summed E-state index contributed by atoms with van der Waals surface area (Å²) in [6.07, 6.45) is 0.822. The summed E-state index contributed by atoms with van der Waals surface area (Å²) in [6, 6.07) is 0. The predicted octanol–water partition coefficient (Wildman–Crippen LogP) is 0.994. The summed E-state index contributed by atoms with van der Waals surface area (Å²) in [6.45, 7) is 7.27. The van der Waals surface area contributed by atoms with Crippen molar-refractivity contribution in [3.63, 3.8) is 0 Å². The normalized spacial score (nSPS) is 16.7. The van der Waals surface area contributed by atoms with Gasteiger partial charge in [0.15, 0.2) is 0 Å². The molecule has 0 aromatic carbocycles. The van der Waals surface area contributed by atoms with Gasteiger partial charge in [-0.3, -0.25) is 4.79 Å². The molecule has 78 valence electrons. The summed E-state index contributed by atoms with van der Waals surface area (Å²) in [7, 11) is 0. The fourth-order valence-electron chi connectivity index (χ4n) is 0.509. The minimum atomic E-state index is -1.30. The smallest absolute Gasteiger partial charge is 0.325 e. The zero-order valence-electron chi connectivity index (χ0n) is 8.76. The molecule has 3 N–H and O–H groups in total. The second-order valence-electron chi connectivity index (χ2n) is 4.12. The minimum Gasteiger partial charge on any atom is -0.480 e. The van der Waals surface area contributed by atoms with Crippen molar-refractivity contribution < 1.29 is 14.6 Å². The molecule has 0 amide bonds. The van der Waals surface area contributed by atoms with Crippen LogP contribution in [0, 0.1) is 0 Å². The highest BCUT2D eigenvalue weighted by atomic mass is 16.5. The van der Waals surface area contributed by atoms with Crippen molar-refractivity contribution >= 4 is 5.97 Å². The zero-order valence-corrected chi connectivity index (χ0v) is 8.76. The van der Waals surface area contributed by atoms with Gasteiger partial charge in [-0.1, -0.05) is 6.92 Å². The highest BCUT2D eigenvalue weighted by Crippen LogP contribution is 2.15. The molecule has 0 aromatic heterocycles. The van der Waals surface area contributed by atoms with E-state index in [1.165, 1.54) is 6.92 Å². The topological polar surface area (TPSA) is 72.5 Å². The minimum absolute atomic E-state index is 0.0309. The molecule has 4 nitrogen and oxygen atoms in total. The van der Waals surface area contributed by atoms with Crippen LogP contribution in [0.5, 0.6) is 0 Å². The second kappa shape index (κ2) is 4.07. The van der Waals surface area contributed by atoms with Gasteiger partial charge in [0.25, 0.3) is 0 Å². The van der Waals surface area contributed by atoms with E-state index in [-0.39, 0.29) is 12.2 Å². The van der Waals surface area contributed by atoms with Gasteiger partial charge in [0.2, 0.25) is 0 Å².